The molecule has 1 aromatic carbocycles. The largest absolute Gasteiger partial charge is 0.349 e. The van der Waals surface area contributed by atoms with E-state index in [1.165, 1.54) is 42.3 Å². The zero-order valence-corrected chi connectivity index (χ0v) is 15.9. The summed E-state index contributed by atoms with van der Waals surface area (Å²) in [5.41, 5.74) is 1.55. The lowest BCUT2D eigenvalue weighted by Gasteiger charge is -2.16. The van der Waals surface area contributed by atoms with Crippen molar-refractivity contribution in [1.82, 2.24) is 10.2 Å². The lowest BCUT2D eigenvalue weighted by atomic mass is 10.1. The molecule has 2 amide bonds. The maximum Gasteiger partial charge on any atom is 0.265 e. The van der Waals surface area contributed by atoms with Gasteiger partial charge in [0.2, 0.25) is 0 Å². The molecule has 2 fully saturated rings. The van der Waals surface area contributed by atoms with Crippen molar-refractivity contribution < 1.29 is 9.59 Å². The number of hydrogen-bond acceptors (Lipinski definition) is 4. The maximum absolute atomic E-state index is 12.4. The molecule has 3 rings (SSSR count). The van der Waals surface area contributed by atoms with Gasteiger partial charge < -0.3 is 5.32 Å². The Morgan fingerprint density at radius 1 is 1.20 bits per heavy atom. The number of likely N-dealkylation sites (N-methyl/N-ethyl adjacent to an activating group) is 1. The molecule has 1 N–H and O–H groups in total. The van der Waals surface area contributed by atoms with Crippen molar-refractivity contribution in [2.45, 2.75) is 44.6 Å². The van der Waals surface area contributed by atoms with Gasteiger partial charge >= 0.3 is 0 Å². The number of thioether (sulfide) groups is 1. The minimum absolute atomic E-state index is 0.0154. The number of amides is 2. The van der Waals surface area contributed by atoms with Crippen LogP contribution in [0.2, 0.25) is 0 Å². The van der Waals surface area contributed by atoms with Crippen molar-refractivity contribution >= 4 is 46.2 Å². The molecule has 0 unspecified atom stereocenters. The summed E-state index contributed by atoms with van der Waals surface area (Å²) in [6.45, 7) is 0. The van der Waals surface area contributed by atoms with Crippen molar-refractivity contribution in [3.8, 4) is 0 Å². The summed E-state index contributed by atoms with van der Waals surface area (Å²) in [4.78, 5) is 26.5. The first-order valence-electron chi connectivity index (χ1n) is 8.67. The highest BCUT2D eigenvalue weighted by Gasteiger charge is 2.28. The predicted molar refractivity (Wildman–Crippen MR) is 106 cm³/mol. The zero-order chi connectivity index (χ0) is 17.8. The fourth-order valence-electron chi connectivity index (χ4n) is 3.12. The first-order chi connectivity index (χ1) is 12.0. The molecule has 2 aliphatic rings. The fraction of sp³-hybridized carbons (Fsp3) is 0.421. The summed E-state index contributed by atoms with van der Waals surface area (Å²) in [6.07, 6.45) is 8.89. The number of rotatable bonds is 3. The summed E-state index contributed by atoms with van der Waals surface area (Å²) in [5.74, 6) is -0.0940. The summed E-state index contributed by atoms with van der Waals surface area (Å²) in [5, 5.41) is 3.15. The second-order valence-corrected chi connectivity index (χ2v) is 8.20. The average Bonchev–Trinajstić information content (AvgIpc) is 2.80. The van der Waals surface area contributed by atoms with Crippen LogP contribution >= 0.6 is 24.0 Å². The van der Waals surface area contributed by atoms with E-state index >= 15 is 0 Å². The van der Waals surface area contributed by atoms with Gasteiger partial charge in [-0.2, -0.15) is 0 Å². The highest BCUT2D eigenvalue weighted by atomic mass is 32.2. The molecule has 1 aliphatic heterocycles. The lowest BCUT2D eigenvalue weighted by Crippen LogP contribution is -2.34. The monoisotopic (exact) mass is 374 g/mol. The molecule has 0 radical (unpaired) electrons. The van der Waals surface area contributed by atoms with E-state index < -0.39 is 0 Å². The third-order valence-corrected chi connectivity index (χ3v) is 6.13. The van der Waals surface area contributed by atoms with Crippen LogP contribution in [0.15, 0.2) is 29.2 Å². The topological polar surface area (TPSA) is 49.4 Å². The highest BCUT2D eigenvalue weighted by Crippen LogP contribution is 2.31. The van der Waals surface area contributed by atoms with Crippen LogP contribution in [0, 0.1) is 0 Å². The van der Waals surface area contributed by atoms with Crippen LogP contribution in [0.1, 0.15) is 54.4 Å². The smallest absolute Gasteiger partial charge is 0.265 e. The number of carbonyl (C=O) groups is 2. The second-order valence-electron chi connectivity index (χ2n) is 6.52. The van der Waals surface area contributed by atoms with Gasteiger partial charge in [0.15, 0.2) is 0 Å². The average molecular weight is 375 g/mol. The number of nitrogens with zero attached hydrogens (tertiary/aromatic N) is 1. The van der Waals surface area contributed by atoms with Crippen LogP contribution in [0.3, 0.4) is 0 Å². The number of hydrogen-bond donors (Lipinski definition) is 1. The van der Waals surface area contributed by atoms with Crippen molar-refractivity contribution in [1.29, 1.82) is 0 Å². The molecule has 4 nitrogen and oxygen atoms in total. The van der Waals surface area contributed by atoms with Crippen LogP contribution in [-0.2, 0) is 4.79 Å². The van der Waals surface area contributed by atoms with Crippen molar-refractivity contribution in [3.05, 3.63) is 40.3 Å². The van der Waals surface area contributed by atoms with Crippen LogP contribution in [0.25, 0.3) is 6.08 Å². The molecule has 0 aromatic heterocycles. The molecule has 1 saturated heterocycles. The van der Waals surface area contributed by atoms with Gasteiger partial charge in [-0.25, -0.2) is 0 Å². The van der Waals surface area contributed by atoms with Crippen LogP contribution in [-0.4, -0.2) is 34.1 Å². The Bertz CT molecular complexity index is 705. The second kappa shape index (κ2) is 8.15. The molecule has 25 heavy (non-hydrogen) atoms. The number of benzene rings is 1. The van der Waals surface area contributed by atoms with Gasteiger partial charge in [0.25, 0.3) is 11.8 Å². The predicted octanol–water partition coefficient (Wildman–Crippen LogP) is 3.97. The van der Waals surface area contributed by atoms with Crippen LogP contribution < -0.4 is 5.32 Å². The molecule has 0 bridgehead atoms. The molecule has 1 aromatic rings. The number of carbonyl (C=O) groups excluding carboxylic acids is 2. The fourth-order valence-corrected chi connectivity index (χ4v) is 4.30. The zero-order valence-electron chi connectivity index (χ0n) is 14.3. The molecule has 132 valence electrons. The Balaban J connectivity index is 1.65. The molecule has 6 heteroatoms. The van der Waals surface area contributed by atoms with Crippen molar-refractivity contribution in [2.75, 3.05) is 7.05 Å². The standard InChI is InChI=1S/C19H22N2O2S2/c1-21-18(23)16(25-19(21)24)12-13-8-10-14(11-9-13)17(22)20-15-6-4-2-3-5-7-15/h8-12,15H,2-7H2,1H3,(H,20,22)/b16-12-. The van der Waals surface area contributed by atoms with E-state index in [0.717, 1.165) is 18.4 Å². The van der Waals surface area contributed by atoms with Gasteiger partial charge in [0.05, 0.1) is 4.91 Å². The van der Waals surface area contributed by atoms with Crippen molar-refractivity contribution in [2.24, 2.45) is 0 Å². The van der Waals surface area contributed by atoms with E-state index in [2.05, 4.69) is 5.32 Å². The van der Waals surface area contributed by atoms with E-state index in [1.807, 2.05) is 30.3 Å². The van der Waals surface area contributed by atoms with E-state index in [9.17, 15) is 9.59 Å². The van der Waals surface area contributed by atoms with Gasteiger partial charge in [-0.3, -0.25) is 14.5 Å². The van der Waals surface area contributed by atoms with E-state index in [4.69, 9.17) is 12.2 Å². The molecular formula is C19H22N2O2S2. The van der Waals surface area contributed by atoms with E-state index in [0.29, 0.717) is 20.8 Å². The molecule has 1 saturated carbocycles. The summed E-state index contributed by atoms with van der Waals surface area (Å²) in [7, 11) is 1.68. The highest BCUT2D eigenvalue weighted by molar-refractivity contribution is 8.26. The SMILES string of the molecule is CN1C(=O)/C(=C/c2ccc(C(=O)NC3CCCCCC3)cc2)SC1=S. The van der Waals surface area contributed by atoms with Crippen LogP contribution in [0.5, 0.6) is 0 Å². The summed E-state index contributed by atoms with van der Waals surface area (Å²) >= 11 is 6.43. The summed E-state index contributed by atoms with van der Waals surface area (Å²) < 4.78 is 0.565. The Morgan fingerprint density at radius 2 is 1.84 bits per heavy atom. The first kappa shape index (κ1) is 18.1. The Labute approximate surface area is 158 Å². The van der Waals surface area contributed by atoms with Gasteiger partial charge in [0.1, 0.15) is 4.32 Å². The van der Waals surface area contributed by atoms with Gasteiger partial charge in [-0.05, 0) is 36.6 Å². The summed E-state index contributed by atoms with van der Waals surface area (Å²) in [6, 6.07) is 7.64. The Kier molecular flexibility index (Phi) is 5.91. The Hall–Kier alpha value is -1.66. The van der Waals surface area contributed by atoms with Crippen molar-refractivity contribution in [3.63, 3.8) is 0 Å². The van der Waals surface area contributed by atoms with E-state index in [1.54, 1.807) is 7.05 Å². The third-order valence-electron chi connectivity index (χ3n) is 4.65. The molecule has 0 spiro atoms. The third kappa shape index (κ3) is 4.50. The van der Waals surface area contributed by atoms with Gasteiger partial charge in [-0.15, -0.1) is 0 Å². The normalized spacial score (nSPS) is 20.8. The molecule has 1 heterocycles. The molecular weight excluding hydrogens is 352 g/mol. The number of thiocarbonyl (C=S) groups is 1. The molecule has 1 aliphatic carbocycles. The lowest BCUT2D eigenvalue weighted by molar-refractivity contribution is -0.121. The number of nitrogens with one attached hydrogen (secondary N) is 1. The molecule has 0 atom stereocenters. The van der Waals surface area contributed by atoms with E-state index in [-0.39, 0.29) is 11.8 Å². The van der Waals surface area contributed by atoms with Crippen LogP contribution in [0.4, 0.5) is 0 Å². The first-order valence-corrected chi connectivity index (χ1v) is 9.89. The maximum atomic E-state index is 12.4. The van der Waals surface area contributed by atoms with Gasteiger partial charge in [-0.1, -0.05) is 61.8 Å². The van der Waals surface area contributed by atoms with Gasteiger partial charge in [0, 0.05) is 18.7 Å². The Morgan fingerprint density at radius 3 is 2.40 bits per heavy atom. The quantitative estimate of drug-likeness (QED) is 0.494. The minimum atomic E-state index is -0.0785. The minimum Gasteiger partial charge on any atom is -0.349 e.